The highest BCUT2D eigenvalue weighted by atomic mass is 19.1. The fraction of sp³-hybridized carbons (Fsp3) is 0.538. The molecule has 0 spiro atoms. The van der Waals surface area contributed by atoms with Crippen LogP contribution in [0.3, 0.4) is 0 Å². The predicted octanol–water partition coefficient (Wildman–Crippen LogP) is 1.63. The molecule has 0 aromatic heterocycles. The fourth-order valence-corrected chi connectivity index (χ4v) is 2.44. The summed E-state index contributed by atoms with van der Waals surface area (Å²) in [5.74, 6) is 0.192. The van der Waals surface area contributed by atoms with E-state index >= 15 is 0 Å². The molecule has 2 unspecified atom stereocenters. The van der Waals surface area contributed by atoms with Crippen LogP contribution >= 0.6 is 0 Å². The molecule has 1 fully saturated rings. The van der Waals surface area contributed by atoms with Crippen molar-refractivity contribution in [1.29, 1.82) is 0 Å². The molecule has 0 amide bonds. The molecule has 1 heterocycles. The lowest BCUT2D eigenvalue weighted by Crippen LogP contribution is -2.44. The summed E-state index contributed by atoms with van der Waals surface area (Å²) >= 11 is 0. The Morgan fingerprint density at radius 2 is 2.29 bits per heavy atom. The van der Waals surface area contributed by atoms with Crippen molar-refractivity contribution in [2.24, 2.45) is 11.7 Å². The number of benzene rings is 1. The lowest BCUT2D eigenvalue weighted by atomic mass is 9.97. The van der Waals surface area contributed by atoms with Gasteiger partial charge in [0.2, 0.25) is 0 Å². The topological polar surface area (TPSA) is 38.5 Å². The number of nitrogens with two attached hydrogens (primary N) is 1. The molecule has 94 valence electrons. The van der Waals surface area contributed by atoms with Crippen molar-refractivity contribution in [3.05, 3.63) is 30.1 Å². The summed E-state index contributed by atoms with van der Waals surface area (Å²) in [4.78, 5) is 1.94. The third-order valence-electron chi connectivity index (χ3n) is 3.48. The van der Waals surface area contributed by atoms with Crippen LogP contribution in [0, 0.1) is 11.7 Å². The van der Waals surface area contributed by atoms with Gasteiger partial charge in [-0.1, -0.05) is 12.1 Å². The van der Waals surface area contributed by atoms with E-state index in [9.17, 15) is 4.39 Å². The van der Waals surface area contributed by atoms with E-state index in [1.54, 1.807) is 12.1 Å². The lowest BCUT2D eigenvalue weighted by molar-refractivity contribution is 0.180. The van der Waals surface area contributed by atoms with Crippen LogP contribution in [-0.4, -0.2) is 32.8 Å². The molecule has 1 aliphatic rings. The van der Waals surface area contributed by atoms with Crippen LogP contribution in [0.25, 0.3) is 0 Å². The van der Waals surface area contributed by atoms with Crippen molar-refractivity contribution in [1.82, 2.24) is 0 Å². The molecular formula is C13H19FN2O. The van der Waals surface area contributed by atoms with Crippen LogP contribution < -0.4 is 10.6 Å². The minimum atomic E-state index is -0.202. The zero-order chi connectivity index (χ0) is 12.3. The second kappa shape index (κ2) is 5.47. The van der Waals surface area contributed by atoms with Gasteiger partial charge >= 0.3 is 0 Å². The van der Waals surface area contributed by atoms with Crippen LogP contribution in [0.1, 0.15) is 6.42 Å². The summed E-state index contributed by atoms with van der Waals surface area (Å²) in [6.45, 7) is 2.02. The molecule has 2 rings (SSSR count). The van der Waals surface area contributed by atoms with Crippen molar-refractivity contribution < 1.29 is 9.13 Å². The summed E-state index contributed by atoms with van der Waals surface area (Å²) in [6.07, 6.45) is 1.00. The number of nitrogens with zero attached hydrogens (tertiary/aromatic N) is 1. The van der Waals surface area contributed by atoms with E-state index in [4.69, 9.17) is 10.5 Å². The van der Waals surface area contributed by atoms with E-state index in [1.165, 1.54) is 6.07 Å². The highest BCUT2D eigenvalue weighted by Crippen LogP contribution is 2.26. The Labute approximate surface area is 101 Å². The molecule has 1 saturated heterocycles. The van der Waals surface area contributed by atoms with Gasteiger partial charge < -0.3 is 15.4 Å². The van der Waals surface area contributed by atoms with E-state index in [-0.39, 0.29) is 11.9 Å². The summed E-state index contributed by atoms with van der Waals surface area (Å²) in [6, 6.07) is 6.93. The zero-order valence-electron chi connectivity index (χ0n) is 10.1. The Hall–Kier alpha value is -1.13. The van der Waals surface area contributed by atoms with Crippen LogP contribution in [0.2, 0.25) is 0 Å². The standard InChI is InChI=1S/C13H19FN2O/c1-16(12-5-3-2-4-11(12)14)13(8-15)10-6-7-17-9-10/h2-5,10,13H,6-9,15H2,1H3. The van der Waals surface area contributed by atoms with Gasteiger partial charge in [0.25, 0.3) is 0 Å². The molecule has 2 N–H and O–H groups in total. The number of ether oxygens (including phenoxy) is 1. The Morgan fingerprint density at radius 3 is 2.88 bits per heavy atom. The molecule has 0 bridgehead atoms. The van der Waals surface area contributed by atoms with E-state index in [2.05, 4.69) is 0 Å². The molecule has 1 aromatic carbocycles. The van der Waals surface area contributed by atoms with Gasteiger partial charge in [0, 0.05) is 32.2 Å². The summed E-state index contributed by atoms with van der Waals surface area (Å²) in [5, 5.41) is 0. The fourth-order valence-electron chi connectivity index (χ4n) is 2.44. The summed E-state index contributed by atoms with van der Waals surface area (Å²) in [5.41, 5.74) is 6.43. The molecule has 17 heavy (non-hydrogen) atoms. The van der Waals surface area contributed by atoms with E-state index in [1.807, 2.05) is 18.0 Å². The van der Waals surface area contributed by atoms with E-state index < -0.39 is 0 Å². The van der Waals surface area contributed by atoms with Crippen LogP contribution in [0.5, 0.6) is 0 Å². The van der Waals surface area contributed by atoms with Gasteiger partial charge in [0.15, 0.2) is 0 Å². The van der Waals surface area contributed by atoms with Crippen molar-refractivity contribution in [2.45, 2.75) is 12.5 Å². The Bertz CT molecular complexity index is 366. The summed E-state index contributed by atoms with van der Waals surface area (Å²) < 4.78 is 19.1. The van der Waals surface area contributed by atoms with Gasteiger partial charge in [-0.05, 0) is 18.6 Å². The largest absolute Gasteiger partial charge is 0.381 e. The average Bonchev–Trinajstić information content (AvgIpc) is 2.84. The molecular weight excluding hydrogens is 219 g/mol. The third-order valence-corrected chi connectivity index (χ3v) is 3.48. The van der Waals surface area contributed by atoms with E-state index in [0.717, 1.165) is 19.6 Å². The molecule has 2 atom stereocenters. The van der Waals surface area contributed by atoms with Crippen LogP contribution in [0.15, 0.2) is 24.3 Å². The molecule has 1 aromatic rings. The number of halogens is 1. The predicted molar refractivity (Wildman–Crippen MR) is 66.6 cm³/mol. The number of hydrogen-bond acceptors (Lipinski definition) is 3. The highest BCUT2D eigenvalue weighted by Gasteiger charge is 2.28. The van der Waals surface area contributed by atoms with Gasteiger partial charge in [-0.25, -0.2) is 4.39 Å². The van der Waals surface area contributed by atoms with Gasteiger partial charge in [0.05, 0.1) is 12.3 Å². The first-order valence-corrected chi connectivity index (χ1v) is 5.99. The zero-order valence-corrected chi connectivity index (χ0v) is 10.1. The van der Waals surface area contributed by atoms with Gasteiger partial charge in [-0.2, -0.15) is 0 Å². The minimum Gasteiger partial charge on any atom is -0.381 e. The van der Waals surface area contributed by atoms with Crippen molar-refractivity contribution >= 4 is 5.69 Å². The second-order valence-corrected chi connectivity index (χ2v) is 4.49. The molecule has 0 radical (unpaired) electrons. The molecule has 3 nitrogen and oxygen atoms in total. The Kier molecular flexibility index (Phi) is 3.97. The number of hydrogen-bond donors (Lipinski definition) is 1. The van der Waals surface area contributed by atoms with Crippen molar-refractivity contribution in [3.8, 4) is 0 Å². The number of rotatable bonds is 4. The Morgan fingerprint density at radius 1 is 1.53 bits per heavy atom. The van der Waals surface area contributed by atoms with Crippen molar-refractivity contribution in [3.63, 3.8) is 0 Å². The van der Waals surface area contributed by atoms with Gasteiger partial charge in [-0.15, -0.1) is 0 Å². The average molecular weight is 238 g/mol. The van der Waals surface area contributed by atoms with Crippen LogP contribution in [0.4, 0.5) is 10.1 Å². The molecule has 0 aliphatic carbocycles. The van der Waals surface area contributed by atoms with E-state index in [0.29, 0.717) is 18.2 Å². The Balaban J connectivity index is 2.16. The first-order valence-electron chi connectivity index (χ1n) is 5.99. The molecule has 1 aliphatic heterocycles. The number of likely N-dealkylation sites (N-methyl/N-ethyl adjacent to an activating group) is 1. The first kappa shape index (κ1) is 12.3. The molecule has 4 heteroatoms. The maximum absolute atomic E-state index is 13.7. The third kappa shape index (κ3) is 2.58. The van der Waals surface area contributed by atoms with Gasteiger partial charge in [0.1, 0.15) is 5.82 Å². The monoisotopic (exact) mass is 238 g/mol. The minimum absolute atomic E-state index is 0.134. The smallest absolute Gasteiger partial charge is 0.146 e. The molecule has 0 saturated carbocycles. The second-order valence-electron chi connectivity index (χ2n) is 4.49. The maximum atomic E-state index is 13.7. The number of anilines is 1. The van der Waals surface area contributed by atoms with Crippen LogP contribution in [-0.2, 0) is 4.74 Å². The quantitative estimate of drug-likeness (QED) is 0.866. The lowest BCUT2D eigenvalue weighted by Gasteiger charge is -2.33. The summed E-state index contributed by atoms with van der Waals surface area (Å²) in [7, 11) is 1.90. The van der Waals surface area contributed by atoms with Crippen molar-refractivity contribution in [2.75, 3.05) is 31.7 Å². The normalized spacial score (nSPS) is 21.5. The maximum Gasteiger partial charge on any atom is 0.146 e. The SMILES string of the molecule is CN(c1ccccc1F)C(CN)C1CCOC1. The number of para-hydroxylation sites is 1. The van der Waals surface area contributed by atoms with Gasteiger partial charge in [-0.3, -0.25) is 0 Å². The highest BCUT2D eigenvalue weighted by molar-refractivity contribution is 5.48. The first-order chi connectivity index (χ1) is 8.24.